The molecule has 3 aromatic rings. The Kier molecular flexibility index (Phi) is 2.34. The summed E-state index contributed by atoms with van der Waals surface area (Å²) < 4.78 is 1.75. The van der Waals surface area contributed by atoms with E-state index in [-0.39, 0.29) is 6.61 Å². The Morgan fingerprint density at radius 3 is 2.88 bits per heavy atom. The molecule has 0 saturated carbocycles. The van der Waals surface area contributed by atoms with Crippen molar-refractivity contribution >= 4 is 11.0 Å². The molecule has 0 fully saturated rings. The predicted molar refractivity (Wildman–Crippen MR) is 64.8 cm³/mol. The van der Waals surface area contributed by atoms with Gasteiger partial charge in [0.05, 0.1) is 18.5 Å². The van der Waals surface area contributed by atoms with Gasteiger partial charge in [0.1, 0.15) is 0 Å². The van der Waals surface area contributed by atoms with Crippen molar-refractivity contribution in [3.05, 3.63) is 54.4 Å². The molecule has 1 N–H and O–H groups in total. The first kappa shape index (κ1) is 9.99. The predicted octanol–water partition coefficient (Wildman–Crippen LogP) is 1.91. The topological polar surface area (TPSA) is 50.9 Å². The lowest BCUT2D eigenvalue weighted by atomic mass is 10.2. The second kappa shape index (κ2) is 3.99. The normalized spacial score (nSPS) is 10.9. The van der Waals surface area contributed by atoms with Gasteiger partial charge >= 0.3 is 0 Å². The summed E-state index contributed by atoms with van der Waals surface area (Å²) in [5, 5.41) is 14.6. The monoisotopic (exact) mass is 225 g/mol. The molecular formula is C13H11N3O. The van der Waals surface area contributed by atoms with Gasteiger partial charge < -0.3 is 5.11 Å². The molecule has 0 aliphatic carbocycles. The number of aliphatic hydroxyl groups excluding tert-OH is 1. The van der Waals surface area contributed by atoms with Crippen molar-refractivity contribution in [3.8, 4) is 5.69 Å². The van der Waals surface area contributed by atoms with Crippen molar-refractivity contribution in [1.82, 2.24) is 14.8 Å². The quantitative estimate of drug-likeness (QED) is 0.724. The Bertz CT molecular complexity index is 660. The van der Waals surface area contributed by atoms with Crippen LogP contribution in [0.1, 0.15) is 5.56 Å². The number of para-hydroxylation sites is 1. The zero-order valence-corrected chi connectivity index (χ0v) is 9.11. The summed E-state index contributed by atoms with van der Waals surface area (Å²) in [6, 6.07) is 11.5. The van der Waals surface area contributed by atoms with Crippen LogP contribution in [0.2, 0.25) is 0 Å². The smallest absolute Gasteiger partial charge is 0.162 e. The van der Waals surface area contributed by atoms with Gasteiger partial charge in [-0.15, -0.1) is 0 Å². The van der Waals surface area contributed by atoms with Gasteiger partial charge in [0.15, 0.2) is 5.65 Å². The van der Waals surface area contributed by atoms with Crippen LogP contribution in [0, 0.1) is 0 Å². The van der Waals surface area contributed by atoms with Crippen LogP contribution < -0.4 is 0 Å². The van der Waals surface area contributed by atoms with Gasteiger partial charge in [0.2, 0.25) is 0 Å². The van der Waals surface area contributed by atoms with E-state index < -0.39 is 0 Å². The lowest BCUT2D eigenvalue weighted by Gasteiger charge is -2.07. The maximum Gasteiger partial charge on any atom is 0.162 e. The molecule has 0 bridgehead atoms. The Balaban J connectivity index is 2.27. The standard InChI is InChI=1S/C13H11N3O/c17-9-11-4-1-2-6-12(11)16-13-10(8-15-16)5-3-7-14-13/h1-8,17H,9H2. The minimum Gasteiger partial charge on any atom is -0.392 e. The van der Waals surface area contributed by atoms with Gasteiger partial charge in [-0.05, 0) is 18.2 Å². The lowest BCUT2D eigenvalue weighted by Crippen LogP contribution is -2.01. The van der Waals surface area contributed by atoms with Gasteiger partial charge in [-0.2, -0.15) is 5.10 Å². The maximum absolute atomic E-state index is 9.33. The van der Waals surface area contributed by atoms with Crippen LogP contribution in [-0.2, 0) is 6.61 Å². The fourth-order valence-corrected chi connectivity index (χ4v) is 1.89. The second-order valence-corrected chi connectivity index (χ2v) is 3.76. The Labute approximate surface area is 98.2 Å². The summed E-state index contributed by atoms with van der Waals surface area (Å²) in [4.78, 5) is 4.31. The van der Waals surface area contributed by atoms with E-state index in [2.05, 4.69) is 10.1 Å². The van der Waals surface area contributed by atoms with Crippen LogP contribution in [0.5, 0.6) is 0 Å². The zero-order chi connectivity index (χ0) is 11.7. The number of hydrogen-bond donors (Lipinski definition) is 1. The van der Waals surface area contributed by atoms with Crippen molar-refractivity contribution < 1.29 is 5.11 Å². The number of pyridine rings is 1. The van der Waals surface area contributed by atoms with E-state index in [1.165, 1.54) is 0 Å². The summed E-state index contributed by atoms with van der Waals surface area (Å²) in [6.45, 7) is -0.00956. The number of hydrogen-bond acceptors (Lipinski definition) is 3. The summed E-state index contributed by atoms with van der Waals surface area (Å²) in [7, 11) is 0. The van der Waals surface area contributed by atoms with Crippen molar-refractivity contribution in [1.29, 1.82) is 0 Å². The van der Waals surface area contributed by atoms with Crippen LogP contribution in [-0.4, -0.2) is 19.9 Å². The van der Waals surface area contributed by atoms with Crippen LogP contribution >= 0.6 is 0 Å². The second-order valence-electron chi connectivity index (χ2n) is 3.76. The molecule has 1 aromatic carbocycles. The van der Waals surface area contributed by atoms with E-state index in [1.807, 2.05) is 36.4 Å². The third-order valence-corrected chi connectivity index (χ3v) is 2.72. The van der Waals surface area contributed by atoms with Crippen molar-refractivity contribution in [2.45, 2.75) is 6.61 Å². The summed E-state index contributed by atoms with van der Waals surface area (Å²) in [5.41, 5.74) is 2.50. The van der Waals surface area contributed by atoms with Crippen molar-refractivity contribution in [2.24, 2.45) is 0 Å². The van der Waals surface area contributed by atoms with Crippen LogP contribution in [0.3, 0.4) is 0 Å². The molecule has 0 amide bonds. The number of aromatic nitrogens is 3. The molecule has 0 saturated heterocycles. The average molecular weight is 225 g/mol. The number of aliphatic hydroxyl groups is 1. The van der Waals surface area contributed by atoms with Gasteiger partial charge in [0.25, 0.3) is 0 Å². The number of fused-ring (bicyclic) bond motifs is 1. The Hall–Kier alpha value is -2.20. The van der Waals surface area contributed by atoms with E-state index in [9.17, 15) is 5.11 Å². The van der Waals surface area contributed by atoms with E-state index in [4.69, 9.17) is 0 Å². The molecule has 4 heteroatoms. The first-order valence-electron chi connectivity index (χ1n) is 5.38. The van der Waals surface area contributed by atoms with Crippen molar-refractivity contribution in [2.75, 3.05) is 0 Å². The highest BCUT2D eigenvalue weighted by Crippen LogP contribution is 2.19. The number of benzene rings is 1. The Morgan fingerprint density at radius 2 is 2.00 bits per heavy atom. The van der Waals surface area contributed by atoms with E-state index >= 15 is 0 Å². The highest BCUT2D eigenvalue weighted by atomic mass is 16.3. The molecule has 84 valence electrons. The maximum atomic E-state index is 9.33. The highest BCUT2D eigenvalue weighted by molar-refractivity contribution is 5.76. The number of nitrogens with zero attached hydrogens (tertiary/aromatic N) is 3. The third kappa shape index (κ3) is 1.59. The van der Waals surface area contributed by atoms with Crippen LogP contribution in [0.4, 0.5) is 0 Å². The molecule has 0 unspecified atom stereocenters. The number of rotatable bonds is 2. The van der Waals surface area contributed by atoms with E-state index in [0.29, 0.717) is 0 Å². The molecule has 17 heavy (non-hydrogen) atoms. The van der Waals surface area contributed by atoms with Crippen LogP contribution in [0.25, 0.3) is 16.7 Å². The Morgan fingerprint density at radius 1 is 1.12 bits per heavy atom. The fourth-order valence-electron chi connectivity index (χ4n) is 1.89. The molecule has 0 atom stereocenters. The summed E-state index contributed by atoms with van der Waals surface area (Å²) >= 11 is 0. The molecule has 3 rings (SSSR count). The van der Waals surface area contributed by atoms with Gasteiger partial charge in [-0.25, -0.2) is 9.67 Å². The molecule has 4 nitrogen and oxygen atoms in total. The highest BCUT2D eigenvalue weighted by Gasteiger charge is 2.08. The fraction of sp³-hybridized carbons (Fsp3) is 0.0769. The first-order valence-corrected chi connectivity index (χ1v) is 5.38. The molecule has 2 aromatic heterocycles. The van der Waals surface area contributed by atoms with Crippen molar-refractivity contribution in [3.63, 3.8) is 0 Å². The SMILES string of the molecule is OCc1ccccc1-n1ncc2cccnc21. The first-order chi connectivity index (χ1) is 8.40. The van der Waals surface area contributed by atoms with Gasteiger partial charge in [-0.1, -0.05) is 18.2 Å². The van der Waals surface area contributed by atoms with E-state index in [1.54, 1.807) is 17.1 Å². The molecular weight excluding hydrogens is 214 g/mol. The molecule has 0 aliphatic rings. The minimum atomic E-state index is -0.00956. The van der Waals surface area contributed by atoms with Gasteiger partial charge in [-0.3, -0.25) is 0 Å². The average Bonchev–Trinajstić information content (AvgIpc) is 2.82. The van der Waals surface area contributed by atoms with E-state index in [0.717, 1.165) is 22.3 Å². The molecule has 0 spiro atoms. The lowest BCUT2D eigenvalue weighted by molar-refractivity contribution is 0.281. The molecule has 0 radical (unpaired) electrons. The third-order valence-electron chi connectivity index (χ3n) is 2.72. The van der Waals surface area contributed by atoms with Crippen LogP contribution in [0.15, 0.2) is 48.8 Å². The molecule has 0 aliphatic heterocycles. The van der Waals surface area contributed by atoms with Gasteiger partial charge in [0, 0.05) is 17.1 Å². The minimum absolute atomic E-state index is 0.00956. The molecule has 2 heterocycles. The zero-order valence-electron chi connectivity index (χ0n) is 9.11. The summed E-state index contributed by atoms with van der Waals surface area (Å²) in [6.07, 6.45) is 3.51. The summed E-state index contributed by atoms with van der Waals surface area (Å²) in [5.74, 6) is 0. The largest absolute Gasteiger partial charge is 0.392 e.